The first-order chi connectivity index (χ1) is 10.1. The summed E-state index contributed by atoms with van der Waals surface area (Å²) in [6.07, 6.45) is 2.48. The highest BCUT2D eigenvalue weighted by Crippen LogP contribution is 2.11. The molecule has 0 fully saturated rings. The number of carbonyl (C=O) groups is 1. The van der Waals surface area contributed by atoms with E-state index in [0.717, 1.165) is 25.9 Å². The number of nitrogens with one attached hydrogen (secondary N) is 1. The van der Waals surface area contributed by atoms with Crippen LogP contribution >= 0.6 is 0 Å². The Bertz CT molecular complexity index is 493. The van der Waals surface area contributed by atoms with Gasteiger partial charge in [-0.25, -0.2) is 0 Å². The predicted octanol–water partition coefficient (Wildman–Crippen LogP) is 3.40. The van der Waals surface area contributed by atoms with Crippen molar-refractivity contribution in [3.63, 3.8) is 0 Å². The minimum absolute atomic E-state index is 0.00490. The van der Waals surface area contributed by atoms with Gasteiger partial charge in [-0.05, 0) is 51.1 Å². The average Bonchev–Trinajstić information content (AvgIpc) is 2.51. The minimum atomic E-state index is 0.00490. The lowest BCUT2D eigenvalue weighted by Crippen LogP contribution is -2.33. The molecule has 0 heterocycles. The second-order valence-electron chi connectivity index (χ2n) is 5.23. The fraction of sp³-hybridized carbons (Fsp3) is 0.529. The average molecular weight is 287 g/mol. The third-order valence-corrected chi connectivity index (χ3v) is 3.74. The van der Waals surface area contributed by atoms with Crippen LogP contribution in [0.1, 0.15) is 45.6 Å². The molecule has 0 radical (unpaired) electrons. The molecule has 114 valence electrons. The molecular weight excluding hydrogens is 262 g/mol. The molecule has 0 bridgehead atoms. The van der Waals surface area contributed by atoms with Gasteiger partial charge in [0.15, 0.2) is 0 Å². The molecule has 0 spiro atoms. The predicted molar refractivity (Wildman–Crippen MR) is 86.0 cm³/mol. The van der Waals surface area contributed by atoms with Gasteiger partial charge in [-0.15, -0.1) is 0 Å². The molecular formula is C17H25N3O. The van der Waals surface area contributed by atoms with Crippen LogP contribution < -0.4 is 5.32 Å². The number of carbonyl (C=O) groups excluding carboxylic acids is 1. The van der Waals surface area contributed by atoms with Gasteiger partial charge in [0.05, 0.1) is 11.6 Å². The topological polar surface area (TPSA) is 56.1 Å². The fourth-order valence-corrected chi connectivity index (χ4v) is 2.28. The molecule has 1 rings (SSSR count). The normalized spacial score (nSPS) is 12.0. The van der Waals surface area contributed by atoms with Crippen LogP contribution in [0.5, 0.6) is 0 Å². The molecule has 1 unspecified atom stereocenters. The molecule has 0 aliphatic carbocycles. The lowest BCUT2D eigenvalue weighted by atomic mass is 10.2. The number of rotatable bonds is 8. The number of hydrogen-bond acceptors (Lipinski definition) is 3. The van der Waals surface area contributed by atoms with E-state index in [1.807, 2.05) is 0 Å². The Hall–Kier alpha value is -1.86. The first kappa shape index (κ1) is 17.2. The highest BCUT2D eigenvalue weighted by molar-refractivity contribution is 5.90. The van der Waals surface area contributed by atoms with Gasteiger partial charge in [0.25, 0.3) is 0 Å². The Labute approximate surface area is 127 Å². The molecule has 0 aromatic heterocycles. The van der Waals surface area contributed by atoms with E-state index in [0.29, 0.717) is 23.7 Å². The van der Waals surface area contributed by atoms with Crippen molar-refractivity contribution < 1.29 is 4.79 Å². The van der Waals surface area contributed by atoms with E-state index < -0.39 is 0 Å². The van der Waals surface area contributed by atoms with Crippen LogP contribution in [0.3, 0.4) is 0 Å². The van der Waals surface area contributed by atoms with E-state index in [4.69, 9.17) is 5.26 Å². The smallest absolute Gasteiger partial charge is 0.224 e. The first-order valence-electron chi connectivity index (χ1n) is 7.64. The van der Waals surface area contributed by atoms with Gasteiger partial charge in [0.1, 0.15) is 0 Å². The van der Waals surface area contributed by atoms with E-state index in [2.05, 4.69) is 37.1 Å². The molecule has 1 amide bonds. The van der Waals surface area contributed by atoms with Gasteiger partial charge in [-0.3, -0.25) is 4.79 Å². The third kappa shape index (κ3) is 5.97. The summed E-state index contributed by atoms with van der Waals surface area (Å²) in [7, 11) is 0. The Morgan fingerprint density at radius 2 is 2.19 bits per heavy atom. The van der Waals surface area contributed by atoms with Gasteiger partial charge in [-0.2, -0.15) is 5.26 Å². The summed E-state index contributed by atoms with van der Waals surface area (Å²) in [5.41, 5.74) is 1.25. The van der Waals surface area contributed by atoms with Crippen molar-refractivity contribution in [1.82, 2.24) is 4.90 Å². The number of anilines is 1. The van der Waals surface area contributed by atoms with Crippen LogP contribution in [0.2, 0.25) is 0 Å². The highest BCUT2D eigenvalue weighted by Gasteiger charge is 2.10. The van der Waals surface area contributed by atoms with Crippen LogP contribution in [-0.4, -0.2) is 29.9 Å². The molecule has 1 N–H and O–H groups in total. The van der Waals surface area contributed by atoms with Gasteiger partial charge >= 0.3 is 0 Å². The van der Waals surface area contributed by atoms with Gasteiger partial charge in [0, 0.05) is 18.2 Å². The highest BCUT2D eigenvalue weighted by atomic mass is 16.1. The van der Waals surface area contributed by atoms with Crippen LogP contribution in [0, 0.1) is 11.3 Å². The molecule has 0 saturated carbocycles. The summed E-state index contributed by atoms with van der Waals surface area (Å²) < 4.78 is 0. The first-order valence-corrected chi connectivity index (χ1v) is 7.64. The number of hydrogen-bond donors (Lipinski definition) is 1. The summed E-state index contributed by atoms with van der Waals surface area (Å²) in [5, 5.41) is 11.7. The van der Waals surface area contributed by atoms with E-state index in [1.165, 1.54) is 0 Å². The molecule has 4 heteroatoms. The Morgan fingerprint density at radius 3 is 2.81 bits per heavy atom. The number of amides is 1. The second-order valence-corrected chi connectivity index (χ2v) is 5.23. The largest absolute Gasteiger partial charge is 0.326 e. The van der Waals surface area contributed by atoms with Crippen molar-refractivity contribution in [1.29, 1.82) is 5.26 Å². The zero-order chi connectivity index (χ0) is 15.7. The van der Waals surface area contributed by atoms with Gasteiger partial charge in [0.2, 0.25) is 5.91 Å². The van der Waals surface area contributed by atoms with E-state index in [9.17, 15) is 4.79 Å². The monoisotopic (exact) mass is 287 g/mol. The fourth-order valence-electron chi connectivity index (χ4n) is 2.28. The van der Waals surface area contributed by atoms with E-state index >= 15 is 0 Å². The molecule has 0 aliphatic rings. The van der Waals surface area contributed by atoms with Crippen molar-refractivity contribution in [2.75, 3.05) is 18.4 Å². The zero-order valence-corrected chi connectivity index (χ0v) is 13.2. The molecule has 21 heavy (non-hydrogen) atoms. The third-order valence-electron chi connectivity index (χ3n) is 3.74. The Balaban J connectivity index is 2.39. The number of nitrogens with zero attached hydrogens (tertiary/aromatic N) is 2. The maximum absolute atomic E-state index is 11.9. The second kappa shape index (κ2) is 9.15. The Morgan fingerprint density at radius 1 is 1.43 bits per heavy atom. The van der Waals surface area contributed by atoms with E-state index in [-0.39, 0.29) is 5.91 Å². The summed E-state index contributed by atoms with van der Waals surface area (Å²) >= 11 is 0. The van der Waals surface area contributed by atoms with E-state index in [1.54, 1.807) is 24.3 Å². The summed E-state index contributed by atoms with van der Waals surface area (Å²) in [5.74, 6) is 0.00490. The summed E-state index contributed by atoms with van der Waals surface area (Å²) in [6, 6.07) is 9.62. The molecule has 1 aromatic carbocycles. The molecule has 1 aromatic rings. The maximum Gasteiger partial charge on any atom is 0.224 e. The molecule has 0 aliphatic heterocycles. The lowest BCUT2D eigenvalue weighted by Gasteiger charge is -2.26. The Kier molecular flexibility index (Phi) is 7.49. The van der Waals surface area contributed by atoms with Crippen molar-refractivity contribution in [2.45, 2.75) is 46.1 Å². The van der Waals surface area contributed by atoms with Crippen molar-refractivity contribution in [2.24, 2.45) is 0 Å². The number of benzene rings is 1. The van der Waals surface area contributed by atoms with Crippen molar-refractivity contribution in [3.8, 4) is 6.07 Å². The zero-order valence-electron chi connectivity index (χ0n) is 13.2. The van der Waals surface area contributed by atoms with Crippen LogP contribution in [0.4, 0.5) is 5.69 Å². The quantitative estimate of drug-likeness (QED) is 0.797. The molecule has 1 atom stereocenters. The van der Waals surface area contributed by atoms with Gasteiger partial charge < -0.3 is 10.2 Å². The van der Waals surface area contributed by atoms with Crippen molar-refractivity contribution in [3.05, 3.63) is 29.8 Å². The van der Waals surface area contributed by atoms with Crippen LogP contribution in [0.15, 0.2) is 24.3 Å². The minimum Gasteiger partial charge on any atom is -0.326 e. The SMILES string of the molecule is CCC(C)N(CC)CCCC(=O)Nc1cccc(C#N)c1. The summed E-state index contributed by atoms with van der Waals surface area (Å²) in [4.78, 5) is 14.3. The molecule has 4 nitrogen and oxygen atoms in total. The molecule has 0 saturated heterocycles. The van der Waals surface area contributed by atoms with Crippen LogP contribution in [0.25, 0.3) is 0 Å². The van der Waals surface area contributed by atoms with Crippen molar-refractivity contribution >= 4 is 11.6 Å². The maximum atomic E-state index is 11.9. The van der Waals surface area contributed by atoms with Crippen LogP contribution in [-0.2, 0) is 4.79 Å². The lowest BCUT2D eigenvalue weighted by molar-refractivity contribution is -0.116. The number of nitriles is 1. The standard InChI is InChI=1S/C17H25N3O/c1-4-14(3)20(5-2)11-7-10-17(21)19-16-9-6-8-15(12-16)13-18/h6,8-9,12,14H,4-5,7,10-11H2,1-3H3,(H,19,21). The van der Waals surface area contributed by atoms with Gasteiger partial charge in [-0.1, -0.05) is 19.9 Å². The summed E-state index contributed by atoms with van der Waals surface area (Å²) in [6.45, 7) is 8.51.